The molecule has 0 saturated carbocycles. The average Bonchev–Trinajstić information content (AvgIpc) is 3.50. The van der Waals surface area contributed by atoms with E-state index in [-0.39, 0.29) is 35.6 Å². The monoisotopic (exact) mass is 738 g/mol. The molecule has 45 heavy (non-hydrogen) atoms. The van der Waals surface area contributed by atoms with Crippen LogP contribution < -0.4 is 11.3 Å². The third-order valence-electron chi connectivity index (χ3n) is 5.63. The van der Waals surface area contributed by atoms with E-state index in [2.05, 4.69) is 30.4 Å². The summed E-state index contributed by atoms with van der Waals surface area (Å²) < 4.78 is 70.4. The molecular weight excluding hydrogens is 705 g/mol. The number of phosphoric ester groups is 1. The predicted octanol–water partition coefficient (Wildman–Crippen LogP) is 1.79. The molecule has 1 aliphatic rings. The first-order chi connectivity index (χ1) is 21.0. The minimum Gasteiger partial charge on any atom is -0.359 e. The maximum Gasteiger partial charge on any atom is 0.490 e. The van der Waals surface area contributed by atoms with Crippen molar-refractivity contribution >= 4 is 56.1 Å². The number of ether oxygens (including phenoxy) is 4. The topological polar surface area (TPSA) is 273 Å². The van der Waals surface area contributed by atoms with Crippen LogP contribution in [0.2, 0.25) is 0 Å². The molecule has 1 aliphatic heterocycles. The second kappa shape index (κ2) is 16.3. The van der Waals surface area contributed by atoms with E-state index >= 15 is 0 Å². The second-order valence-electron chi connectivity index (χ2n) is 9.68. The highest BCUT2D eigenvalue weighted by molar-refractivity contribution is 8.77. The van der Waals surface area contributed by atoms with Crippen LogP contribution in [0, 0.1) is 11.8 Å². The minimum absolute atomic E-state index is 0.0803. The molecule has 1 saturated heterocycles. The van der Waals surface area contributed by atoms with Gasteiger partial charge in [-0.15, -0.1) is 0 Å². The third-order valence-corrected chi connectivity index (χ3v) is 12.4. The first-order valence-electron chi connectivity index (χ1n) is 12.7. The first kappa shape index (κ1) is 38.3. The van der Waals surface area contributed by atoms with E-state index in [0.29, 0.717) is 18.0 Å². The lowest BCUT2D eigenvalue weighted by Crippen LogP contribution is -2.29. The summed E-state index contributed by atoms with van der Waals surface area (Å²) in [5, 5.41) is 0.175. The van der Waals surface area contributed by atoms with Gasteiger partial charge in [-0.2, -0.15) is 8.62 Å². The molecule has 2 aromatic rings. The molecule has 3 rings (SSSR count). The average molecular weight is 739 g/mol. The zero-order valence-electron chi connectivity index (χ0n) is 24.0. The highest BCUT2D eigenvalue weighted by Crippen LogP contribution is 2.66. The van der Waals surface area contributed by atoms with Crippen LogP contribution >= 0.6 is 45.1 Å². The van der Waals surface area contributed by atoms with Crippen LogP contribution in [0.3, 0.4) is 0 Å². The molecule has 3 heterocycles. The summed E-state index contributed by atoms with van der Waals surface area (Å²) in [6, 6.07) is 0. The normalized spacial score (nSPS) is 21.7. The van der Waals surface area contributed by atoms with Crippen molar-refractivity contribution in [3.63, 3.8) is 0 Å². The van der Waals surface area contributed by atoms with Crippen LogP contribution in [0.1, 0.15) is 32.1 Å². The summed E-state index contributed by atoms with van der Waals surface area (Å²) in [6.45, 7) is 3.65. The Morgan fingerprint density at radius 3 is 2.62 bits per heavy atom. The van der Waals surface area contributed by atoms with Crippen LogP contribution in [0.25, 0.3) is 11.0 Å². The van der Waals surface area contributed by atoms with Gasteiger partial charge < -0.3 is 53.8 Å². The number of hydrogen-bond acceptors (Lipinski definition) is 15. The molecule has 24 heteroatoms. The maximum absolute atomic E-state index is 12.7. The van der Waals surface area contributed by atoms with Gasteiger partial charge >= 0.3 is 23.5 Å². The summed E-state index contributed by atoms with van der Waals surface area (Å²) in [5.41, 5.74) is 5.78. The van der Waals surface area contributed by atoms with Gasteiger partial charge in [0, 0.05) is 31.0 Å². The Hall–Kier alpha value is -1.11. The van der Waals surface area contributed by atoms with Crippen LogP contribution in [-0.2, 0) is 45.8 Å². The Labute approximate surface area is 264 Å². The molecule has 1 fully saturated rings. The van der Waals surface area contributed by atoms with Crippen molar-refractivity contribution < 1.29 is 65.4 Å². The molecule has 3 unspecified atom stereocenters. The molecule has 19 nitrogen and oxygen atoms in total. The second-order valence-corrected chi connectivity index (χ2v) is 17.0. The van der Waals surface area contributed by atoms with Gasteiger partial charge in [0.25, 0.3) is 5.56 Å². The highest BCUT2D eigenvalue weighted by Gasteiger charge is 2.43. The van der Waals surface area contributed by atoms with Crippen LogP contribution in [0.4, 0.5) is 0 Å². The number of fused-ring (bicyclic) bond motifs is 1. The SMILES string of the molecule is COCOC1C[C@H](n2cc(C#CCOCSSC(C)(C)CN)c3c(=O)[nH]cnc32)O[C@@H]1COP(=O)(O)OP(=O)(O)OP(=O)(O)O. The molecule has 0 bridgehead atoms. The number of methoxy groups -OCH3 is 1. The van der Waals surface area contributed by atoms with Gasteiger partial charge in [-0.3, -0.25) is 9.32 Å². The van der Waals surface area contributed by atoms with E-state index in [1.165, 1.54) is 35.0 Å². The molecule has 0 aliphatic carbocycles. The van der Waals surface area contributed by atoms with Gasteiger partial charge in [-0.25, -0.2) is 18.7 Å². The number of rotatable bonds is 17. The van der Waals surface area contributed by atoms with Crippen LogP contribution in [-0.4, -0.2) is 90.7 Å². The van der Waals surface area contributed by atoms with Crippen molar-refractivity contribution in [3.05, 3.63) is 28.4 Å². The van der Waals surface area contributed by atoms with E-state index in [1.54, 1.807) is 10.8 Å². The molecule has 7 N–H and O–H groups in total. The van der Waals surface area contributed by atoms with Crippen molar-refractivity contribution in [2.24, 2.45) is 5.73 Å². The Morgan fingerprint density at radius 1 is 1.22 bits per heavy atom. The van der Waals surface area contributed by atoms with Crippen molar-refractivity contribution in [2.75, 3.05) is 39.6 Å². The number of H-pyrrole nitrogens is 1. The van der Waals surface area contributed by atoms with E-state index in [4.69, 9.17) is 39.0 Å². The van der Waals surface area contributed by atoms with Crippen LogP contribution in [0.15, 0.2) is 17.3 Å². The van der Waals surface area contributed by atoms with Gasteiger partial charge in [0.2, 0.25) is 0 Å². The van der Waals surface area contributed by atoms with Gasteiger partial charge in [-0.1, -0.05) is 33.4 Å². The van der Waals surface area contributed by atoms with Gasteiger partial charge in [0.1, 0.15) is 31.7 Å². The molecule has 0 amide bonds. The van der Waals surface area contributed by atoms with E-state index in [1.807, 2.05) is 13.8 Å². The lowest BCUT2D eigenvalue weighted by Gasteiger charge is -2.21. The number of nitrogens with two attached hydrogens (primary N) is 1. The summed E-state index contributed by atoms with van der Waals surface area (Å²) >= 11 is 0. The fourth-order valence-corrected chi connectivity index (χ4v) is 8.83. The molecule has 5 atom stereocenters. The summed E-state index contributed by atoms with van der Waals surface area (Å²) in [5.74, 6) is 6.13. The zero-order valence-corrected chi connectivity index (χ0v) is 28.4. The lowest BCUT2D eigenvalue weighted by molar-refractivity contribution is -0.106. The molecule has 0 spiro atoms. The number of nitrogens with one attached hydrogen (secondary N) is 1. The predicted molar refractivity (Wildman–Crippen MR) is 161 cm³/mol. The highest BCUT2D eigenvalue weighted by atomic mass is 33.1. The lowest BCUT2D eigenvalue weighted by atomic mass is 10.2. The molecule has 2 aromatic heterocycles. The zero-order chi connectivity index (χ0) is 33.5. The molecule has 254 valence electrons. The Kier molecular flexibility index (Phi) is 13.9. The molecule has 0 aromatic carbocycles. The fraction of sp³-hybridized carbons (Fsp3) is 0.619. The Bertz CT molecular complexity index is 1570. The maximum atomic E-state index is 12.7. The standard InChI is InChI=1S/C21H33N4O15P3S2/c1-21(2,10-22)45-44-13-35-6-4-5-14-8-25(19-18(14)20(26)24-11-23-19)17-7-15(36-12-34-3)16(38-17)9-37-42(30,31)40-43(32,33)39-41(27,28)29/h8,11,15-17H,6-7,9-10,12-13,22H2,1-3H3,(H,30,31)(H,32,33)(H,23,24,26)(H2,27,28,29)/t15?,16-,17-/m1/s1. The number of aromatic amines is 1. The van der Waals surface area contributed by atoms with E-state index in [9.17, 15) is 28.3 Å². The van der Waals surface area contributed by atoms with Crippen molar-refractivity contribution in [1.29, 1.82) is 0 Å². The van der Waals surface area contributed by atoms with Crippen molar-refractivity contribution in [1.82, 2.24) is 14.5 Å². The quantitative estimate of drug-likeness (QED) is 0.0444. The number of aromatic nitrogens is 3. The fourth-order valence-electron chi connectivity index (χ4n) is 3.71. The number of hydrogen-bond donors (Lipinski definition) is 6. The summed E-state index contributed by atoms with van der Waals surface area (Å²) in [7, 11) is -12.2. The van der Waals surface area contributed by atoms with Crippen molar-refractivity contribution in [3.8, 4) is 11.8 Å². The number of nitrogens with zero attached hydrogens (tertiary/aromatic N) is 2. The number of phosphoric acid groups is 3. The third kappa shape index (κ3) is 12.1. The first-order valence-corrected chi connectivity index (χ1v) is 19.5. The largest absolute Gasteiger partial charge is 0.490 e. The van der Waals surface area contributed by atoms with E-state index < -0.39 is 54.1 Å². The molecular formula is C21H33N4O15P3S2. The van der Waals surface area contributed by atoms with Gasteiger partial charge in [-0.05, 0) is 13.8 Å². The van der Waals surface area contributed by atoms with Crippen LogP contribution in [0.5, 0.6) is 0 Å². The minimum atomic E-state index is -5.71. The van der Waals surface area contributed by atoms with Gasteiger partial charge in [0.15, 0.2) is 5.65 Å². The Balaban J connectivity index is 1.74. The van der Waals surface area contributed by atoms with Gasteiger partial charge in [0.05, 0.1) is 30.0 Å². The van der Waals surface area contributed by atoms with E-state index in [0.717, 1.165) is 0 Å². The summed E-state index contributed by atoms with van der Waals surface area (Å²) in [6.07, 6.45) is -0.00180. The van der Waals surface area contributed by atoms with Crippen molar-refractivity contribution in [2.45, 2.75) is 43.5 Å². The smallest absolute Gasteiger partial charge is 0.359 e. The summed E-state index contributed by atoms with van der Waals surface area (Å²) in [4.78, 5) is 56.1. The Morgan fingerprint density at radius 2 is 1.96 bits per heavy atom. The molecule has 0 radical (unpaired) electrons.